The molecule has 1 unspecified atom stereocenters. The second-order valence-electron chi connectivity index (χ2n) is 4.91. The molecule has 0 fully saturated rings. The van der Waals surface area contributed by atoms with Crippen molar-refractivity contribution in [3.63, 3.8) is 0 Å². The zero-order valence-electron chi connectivity index (χ0n) is 13.0. The molecule has 0 saturated carbocycles. The van der Waals surface area contributed by atoms with E-state index in [4.69, 9.17) is 5.11 Å². The summed E-state index contributed by atoms with van der Waals surface area (Å²) in [6.45, 7) is 7.69. The number of nitrogens with zero attached hydrogens (tertiary/aromatic N) is 1. The molecule has 5 heteroatoms. The van der Waals surface area contributed by atoms with E-state index in [9.17, 15) is 8.42 Å². The highest BCUT2D eigenvalue weighted by Gasteiger charge is 2.28. The highest BCUT2D eigenvalue weighted by Crippen LogP contribution is 2.23. The zero-order valence-corrected chi connectivity index (χ0v) is 13.9. The van der Waals surface area contributed by atoms with Gasteiger partial charge in [0.1, 0.15) is 6.61 Å². The first-order valence-corrected chi connectivity index (χ1v) is 8.54. The lowest BCUT2D eigenvalue weighted by Gasteiger charge is -2.27. The molecule has 0 bridgehead atoms. The topological polar surface area (TPSA) is 57.6 Å². The number of aliphatic hydroxyl groups is 1. The molecule has 0 amide bonds. The van der Waals surface area contributed by atoms with Crippen LogP contribution in [0.5, 0.6) is 0 Å². The predicted molar refractivity (Wildman–Crippen MR) is 84.5 cm³/mol. The SMILES string of the molecule is CCC(C)N(CC)S(=O)(=O)c1cc(C#CCO)ccc1C. The first-order valence-electron chi connectivity index (χ1n) is 7.10. The van der Waals surface area contributed by atoms with Gasteiger partial charge >= 0.3 is 0 Å². The highest BCUT2D eigenvalue weighted by atomic mass is 32.2. The maximum Gasteiger partial charge on any atom is 0.243 e. The maximum atomic E-state index is 12.8. The van der Waals surface area contributed by atoms with Crippen LogP contribution in [0.25, 0.3) is 0 Å². The number of hydrogen-bond acceptors (Lipinski definition) is 3. The van der Waals surface area contributed by atoms with Gasteiger partial charge in [0.25, 0.3) is 0 Å². The van der Waals surface area contributed by atoms with Crippen molar-refractivity contribution in [2.45, 2.75) is 45.1 Å². The van der Waals surface area contributed by atoms with Crippen molar-refractivity contribution in [3.05, 3.63) is 29.3 Å². The lowest BCUT2D eigenvalue weighted by molar-refractivity contribution is 0.342. The standard InChI is InChI=1S/C16H23NO3S/c1-5-14(4)17(6-2)21(19,20)16-12-15(8-7-11-18)10-9-13(16)3/h9-10,12,14,18H,5-6,11H2,1-4H3. The molecule has 0 aromatic heterocycles. The van der Waals surface area contributed by atoms with Crippen LogP contribution < -0.4 is 0 Å². The molecular formula is C16H23NO3S. The monoisotopic (exact) mass is 309 g/mol. The van der Waals surface area contributed by atoms with Crippen LogP contribution in [-0.2, 0) is 10.0 Å². The molecule has 0 aliphatic carbocycles. The summed E-state index contributed by atoms with van der Waals surface area (Å²) in [5.74, 6) is 5.29. The second-order valence-corrected chi connectivity index (χ2v) is 6.76. The Morgan fingerprint density at radius 2 is 2.00 bits per heavy atom. The fraction of sp³-hybridized carbons (Fsp3) is 0.500. The van der Waals surface area contributed by atoms with Gasteiger partial charge in [-0.15, -0.1) is 0 Å². The second kappa shape index (κ2) is 7.60. The summed E-state index contributed by atoms with van der Waals surface area (Å²) in [4.78, 5) is 0.286. The summed E-state index contributed by atoms with van der Waals surface area (Å²) in [5, 5.41) is 8.74. The molecule has 116 valence electrons. The van der Waals surface area contributed by atoms with Crippen LogP contribution in [-0.4, -0.2) is 37.0 Å². The van der Waals surface area contributed by atoms with Gasteiger partial charge in [-0.3, -0.25) is 0 Å². The third-order valence-corrected chi connectivity index (χ3v) is 5.71. The smallest absolute Gasteiger partial charge is 0.243 e. The van der Waals surface area contributed by atoms with Crippen LogP contribution in [0.2, 0.25) is 0 Å². The fourth-order valence-corrected chi connectivity index (χ4v) is 4.11. The van der Waals surface area contributed by atoms with Crippen molar-refractivity contribution in [3.8, 4) is 11.8 Å². The van der Waals surface area contributed by atoms with Crippen molar-refractivity contribution >= 4 is 10.0 Å². The van der Waals surface area contributed by atoms with Gasteiger partial charge in [0.05, 0.1) is 4.90 Å². The molecule has 1 aromatic carbocycles. The number of aliphatic hydroxyl groups excluding tert-OH is 1. The maximum absolute atomic E-state index is 12.8. The molecule has 0 aliphatic rings. The van der Waals surface area contributed by atoms with Crippen LogP contribution >= 0.6 is 0 Å². The number of hydrogen-bond donors (Lipinski definition) is 1. The Hall–Kier alpha value is -1.35. The van der Waals surface area contributed by atoms with Crippen molar-refractivity contribution in [1.82, 2.24) is 4.31 Å². The third-order valence-electron chi connectivity index (χ3n) is 3.48. The predicted octanol–water partition coefficient (Wildman–Crippen LogP) is 2.15. The average Bonchev–Trinajstić information content (AvgIpc) is 2.46. The molecule has 1 atom stereocenters. The number of benzene rings is 1. The average molecular weight is 309 g/mol. The normalized spacial score (nSPS) is 12.9. The Labute approximate surface area is 127 Å². The Morgan fingerprint density at radius 1 is 1.33 bits per heavy atom. The molecule has 0 saturated heterocycles. The van der Waals surface area contributed by atoms with Gasteiger partial charge in [-0.2, -0.15) is 4.31 Å². The van der Waals surface area contributed by atoms with Gasteiger partial charge in [0, 0.05) is 18.2 Å². The molecule has 0 heterocycles. The first-order chi connectivity index (χ1) is 9.88. The van der Waals surface area contributed by atoms with Crippen LogP contribution in [0.1, 0.15) is 38.3 Å². The molecule has 1 aromatic rings. The quantitative estimate of drug-likeness (QED) is 0.848. The zero-order chi connectivity index (χ0) is 16.0. The van der Waals surface area contributed by atoms with Crippen LogP contribution in [0, 0.1) is 18.8 Å². The minimum absolute atomic E-state index is 0.0495. The van der Waals surface area contributed by atoms with Crippen LogP contribution in [0.15, 0.2) is 23.1 Å². The Balaban J connectivity index is 3.36. The van der Waals surface area contributed by atoms with Crippen LogP contribution in [0.3, 0.4) is 0 Å². The summed E-state index contributed by atoms with van der Waals surface area (Å²) < 4.78 is 27.2. The van der Waals surface area contributed by atoms with Crippen molar-refractivity contribution in [1.29, 1.82) is 0 Å². The van der Waals surface area contributed by atoms with Gasteiger partial charge in [-0.25, -0.2) is 8.42 Å². The number of rotatable bonds is 5. The van der Waals surface area contributed by atoms with E-state index in [1.165, 1.54) is 4.31 Å². The van der Waals surface area contributed by atoms with E-state index in [1.807, 2.05) is 20.8 Å². The minimum atomic E-state index is -3.54. The Kier molecular flexibility index (Phi) is 6.41. The van der Waals surface area contributed by atoms with E-state index in [0.29, 0.717) is 17.7 Å². The first kappa shape index (κ1) is 17.7. The van der Waals surface area contributed by atoms with Crippen LogP contribution in [0.4, 0.5) is 0 Å². The van der Waals surface area contributed by atoms with Crippen molar-refractivity contribution in [2.24, 2.45) is 0 Å². The van der Waals surface area contributed by atoms with E-state index < -0.39 is 10.0 Å². The summed E-state index contributed by atoms with van der Waals surface area (Å²) >= 11 is 0. The van der Waals surface area contributed by atoms with E-state index in [0.717, 1.165) is 6.42 Å². The molecule has 4 nitrogen and oxygen atoms in total. The summed E-state index contributed by atoms with van der Waals surface area (Å²) in [6.07, 6.45) is 0.760. The number of aryl methyl sites for hydroxylation is 1. The largest absolute Gasteiger partial charge is 0.384 e. The van der Waals surface area contributed by atoms with Gasteiger partial charge < -0.3 is 5.11 Å². The Bertz CT molecular complexity index is 641. The minimum Gasteiger partial charge on any atom is -0.384 e. The molecule has 21 heavy (non-hydrogen) atoms. The summed E-state index contributed by atoms with van der Waals surface area (Å²) in [7, 11) is -3.54. The lowest BCUT2D eigenvalue weighted by Crippen LogP contribution is -2.38. The van der Waals surface area contributed by atoms with Gasteiger partial charge in [0.15, 0.2) is 0 Å². The lowest BCUT2D eigenvalue weighted by atomic mass is 10.1. The molecule has 0 spiro atoms. The summed E-state index contributed by atoms with van der Waals surface area (Å²) in [5.41, 5.74) is 1.29. The van der Waals surface area contributed by atoms with Crippen molar-refractivity contribution < 1.29 is 13.5 Å². The van der Waals surface area contributed by atoms with Gasteiger partial charge in [0.2, 0.25) is 10.0 Å². The molecule has 0 aliphatic heterocycles. The third kappa shape index (κ3) is 4.07. The summed E-state index contributed by atoms with van der Waals surface area (Å²) in [6, 6.07) is 5.04. The van der Waals surface area contributed by atoms with E-state index in [2.05, 4.69) is 11.8 Å². The van der Waals surface area contributed by atoms with E-state index in [-0.39, 0.29) is 17.5 Å². The van der Waals surface area contributed by atoms with Gasteiger partial charge in [-0.1, -0.05) is 31.8 Å². The van der Waals surface area contributed by atoms with Crippen molar-refractivity contribution in [2.75, 3.05) is 13.2 Å². The van der Waals surface area contributed by atoms with Gasteiger partial charge in [-0.05, 0) is 38.0 Å². The molecule has 1 N–H and O–H groups in total. The fourth-order valence-electron chi connectivity index (χ4n) is 2.15. The number of sulfonamides is 1. The van der Waals surface area contributed by atoms with E-state index >= 15 is 0 Å². The molecule has 1 rings (SSSR count). The highest BCUT2D eigenvalue weighted by molar-refractivity contribution is 7.89. The molecular weight excluding hydrogens is 286 g/mol. The Morgan fingerprint density at radius 3 is 2.52 bits per heavy atom. The molecule has 0 radical (unpaired) electrons. The van der Waals surface area contributed by atoms with E-state index in [1.54, 1.807) is 25.1 Å².